The highest BCUT2D eigenvalue weighted by molar-refractivity contribution is 7.93. The molecule has 0 aliphatic carbocycles. The Kier molecular flexibility index (Phi) is 7.20. The smallest absolute Gasteiger partial charge is 0.215 e. The molecule has 0 amide bonds. The lowest BCUT2D eigenvalue weighted by atomic mass is 10.6. The predicted molar refractivity (Wildman–Crippen MR) is 66.5 cm³/mol. The minimum absolute atomic E-state index is 0.139. The molecule has 0 bridgehead atoms. The van der Waals surface area contributed by atoms with Gasteiger partial charge in [-0.2, -0.15) is 4.31 Å². The van der Waals surface area contributed by atoms with Gasteiger partial charge in [0.15, 0.2) is 0 Å². The van der Waals surface area contributed by atoms with Crippen molar-refractivity contribution in [2.24, 2.45) is 0 Å². The minimum atomic E-state index is -3.59. The topological polar surface area (TPSA) is 71.5 Å². The number of rotatable bonds is 8. The van der Waals surface area contributed by atoms with Crippen molar-refractivity contribution < 1.29 is 16.8 Å². The fourth-order valence-electron chi connectivity index (χ4n) is 0.964. The van der Waals surface area contributed by atoms with Crippen LogP contribution in [0.2, 0.25) is 0 Å². The molecule has 0 fully saturated rings. The maximum Gasteiger partial charge on any atom is 0.215 e. The molecule has 0 aliphatic heterocycles. The van der Waals surface area contributed by atoms with E-state index in [1.165, 1.54) is 0 Å². The standard InChI is InChI=1S/C7H15Cl2NO4S2/c1-15(11,12)6-7-16(13,14)10(4-2-8)5-3-9/h2-7H2,1H3. The van der Waals surface area contributed by atoms with Gasteiger partial charge in [-0.15, -0.1) is 23.2 Å². The zero-order valence-electron chi connectivity index (χ0n) is 8.90. The lowest BCUT2D eigenvalue weighted by molar-refractivity contribution is 0.449. The zero-order chi connectivity index (χ0) is 12.8. The van der Waals surface area contributed by atoms with Gasteiger partial charge in [0.05, 0.1) is 11.5 Å². The molecule has 0 saturated heterocycles. The molecule has 0 heterocycles. The summed E-state index contributed by atoms with van der Waals surface area (Å²) in [5.74, 6) is -0.528. The van der Waals surface area contributed by atoms with E-state index in [4.69, 9.17) is 23.2 Å². The van der Waals surface area contributed by atoms with Crippen LogP contribution in [0.1, 0.15) is 0 Å². The predicted octanol–water partition coefficient (Wildman–Crippen LogP) is 0.140. The molecule has 16 heavy (non-hydrogen) atoms. The van der Waals surface area contributed by atoms with Crippen LogP contribution in [-0.4, -0.2) is 63.8 Å². The van der Waals surface area contributed by atoms with E-state index in [-0.39, 0.29) is 24.8 Å². The fraction of sp³-hybridized carbons (Fsp3) is 1.00. The zero-order valence-corrected chi connectivity index (χ0v) is 12.0. The van der Waals surface area contributed by atoms with E-state index in [9.17, 15) is 16.8 Å². The van der Waals surface area contributed by atoms with Crippen molar-refractivity contribution in [1.82, 2.24) is 4.31 Å². The van der Waals surface area contributed by atoms with Crippen LogP contribution in [0.4, 0.5) is 0 Å². The highest BCUT2D eigenvalue weighted by Gasteiger charge is 2.22. The van der Waals surface area contributed by atoms with Crippen molar-refractivity contribution in [2.45, 2.75) is 0 Å². The fourth-order valence-corrected chi connectivity index (χ4v) is 4.62. The summed E-state index contributed by atoms with van der Waals surface area (Å²) < 4.78 is 46.3. The maximum absolute atomic E-state index is 11.7. The summed E-state index contributed by atoms with van der Waals surface area (Å²) in [4.78, 5) is 0. The first kappa shape index (κ1) is 16.4. The SMILES string of the molecule is CS(=O)(=O)CCS(=O)(=O)N(CCCl)CCCl. The van der Waals surface area contributed by atoms with Crippen molar-refractivity contribution in [3.8, 4) is 0 Å². The van der Waals surface area contributed by atoms with Crippen molar-refractivity contribution >= 4 is 43.1 Å². The molecule has 98 valence electrons. The summed E-state index contributed by atoms with van der Waals surface area (Å²) in [6, 6.07) is 0. The molecule has 5 nitrogen and oxygen atoms in total. The van der Waals surface area contributed by atoms with Gasteiger partial charge in [-0.05, 0) is 0 Å². The molecule has 0 aromatic rings. The van der Waals surface area contributed by atoms with Gasteiger partial charge in [-0.1, -0.05) is 0 Å². The molecule has 0 atom stereocenters. The van der Waals surface area contributed by atoms with E-state index < -0.39 is 31.4 Å². The number of nitrogens with zero attached hydrogens (tertiary/aromatic N) is 1. The average molecular weight is 312 g/mol. The van der Waals surface area contributed by atoms with Gasteiger partial charge in [0, 0.05) is 31.1 Å². The minimum Gasteiger partial charge on any atom is -0.229 e. The third-order valence-electron chi connectivity index (χ3n) is 1.77. The molecule has 0 spiro atoms. The van der Waals surface area contributed by atoms with E-state index in [0.717, 1.165) is 10.6 Å². The van der Waals surface area contributed by atoms with E-state index >= 15 is 0 Å². The van der Waals surface area contributed by atoms with Crippen LogP contribution < -0.4 is 0 Å². The van der Waals surface area contributed by atoms with Gasteiger partial charge >= 0.3 is 0 Å². The quantitative estimate of drug-likeness (QED) is 0.598. The van der Waals surface area contributed by atoms with Crippen molar-refractivity contribution in [2.75, 3.05) is 42.6 Å². The monoisotopic (exact) mass is 311 g/mol. The van der Waals surface area contributed by atoms with Crippen LogP contribution in [0.5, 0.6) is 0 Å². The van der Waals surface area contributed by atoms with Crippen molar-refractivity contribution in [3.05, 3.63) is 0 Å². The van der Waals surface area contributed by atoms with Crippen LogP contribution in [0.3, 0.4) is 0 Å². The average Bonchev–Trinajstić information content (AvgIpc) is 2.14. The normalized spacial score (nSPS) is 13.2. The Morgan fingerprint density at radius 1 is 0.938 bits per heavy atom. The Morgan fingerprint density at radius 3 is 1.69 bits per heavy atom. The van der Waals surface area contributed by atoms with Crippen LogP contribution >= 0.6 is 23.2 Å². The first-order chi connectivity index (χ1) is 7.23. The third-order valence-corrected chi connectivity index (χ3v) is 5.19. The molecule has 0 aliphatic rings. The lowest BCUT2D eigenvalue weighted by Gasteiger charge is -2.19. The summed E-state index contributed by atoms with van der Waals surface area (Å²) in [5.41, 5.74) is 0. The molecule has 0 radical (unpaired) electrons. The van der Waals surface area contributed by atoms with Crippen molar-refractivity contribution in [3.63, 3.8) is 0 Å². The van der Waals surface area contributed by atoms with E-state index in [1.54, 1.807) is 0 Å². The summed E-state index contributed by atoms with van der Waals surface area (Å²) in [7, 11) is -6.89. The number of sulfone groups is 1. The first-order valence-electron chi connectivity index (χ1n) is 4.50. The molecule has 9 heteroatoms. The Bertz CT molecular complexity index is 387. The Hall–Kier alpha value is 0.440. The van der Waals surface area contributed by atoms with Gasteiger partial charge in [-0.3, -0.25) is 0 Å². The van der Waals surface area contributed by atoms with Crippen LogP contribution in [0.25, 0.3) is 0 Å². The van der Waals surface area contributed by atoms with Crippen LogP contribution in [0, 0.1) is 0 Å². The highest BCUT2D eigenvalue weighted by Crippen LogP contribution is 2.04. The van der Waals surface area contributed by atoms with E-state index in [1.807, 2.05) is 0 Å². The number of hydrogen-bond acceptors (Lipinski definition) is 4. The summed E-state index contributed by atoms with van der Waals surface area (Å²) in [6.07, 6.45) is 0.996. The van der Waals surface area contributed by atoms with Crippen molar-refractivity contribution in [1.29, 1.82) is 0 Å². The maximum atomic E-state index is 11.7. The molecule has 0 aromatic heterocycles. The molecular formula is C7H15Cl2NO4S2. The highest BCUT2D eigenvalue weighted by atomic mass is 35.5. The number of sulfonamides is 1. The molecule has 0 rings (SSSR count). The van der Waals surface area contributed by atoms with Gasteiger partial charge in [0.1, 0.15) is 9.84 Å². The third kappa shape index (κ3) is 6.90. The molecule has 0 aromatic carbocycles. The summed E-state index contributed by atoms with van der Waals surface area (Å²) >= 11 is 10.9. The van der Waals surface area contributed by atoms with Gasteiger partial charge in [-0.25, -0.2) is 16.8 Å². The molecular weight excluding hydrogens is 297 g/mol. The summed E-state index contributed by atoms with van der Waals surface area (Å²) in [6.45, 7) is 0.279. The largest absolute Gasteiger partial charge is 0.229 e. The number of hydrogen-bond donors (Lipinski definition) is 0. The first-order valence-corrected chi connectivity index (χ1v) is 9.24. The Morgan fingerprint density at radius 2 is 1.38 bits per heavy atom. The second-order valence-corrected chi connectivity index (χ2v) is 8.33. The van der Waals surface area contributed by atoms with E-state index in [0.29, 0.717) is 0 Å². The summed E-state index contributed by atoms with van der Waals surface area (Å²) in [5, 5.41) is 0. The van der Waals surface area contributed by atoms with Crippen LogP contribution in [0.15, 0.2) is 0 Å². The lowest BCUT2D eigenvalue weighted by Crippen LogP contribution is -2.37. The second-order valence-electron chi connectivity index (χ2n) is 3.22. The van der Waals surface area contributed by atoms with Gasteiger partial charge < -0.3 is 0 Å². The number of halogens is 2. The Balaban J connectivity index is 4.60. The molecule has 0 N–H and O–H groups in total. The van der Waals surface area contributed by atoms with E-state index in [2.05, 4.69) is 0 Å². The van der Waals surface area contributed by atoms with Gasteiger partial charge in [0.2, 0.25) is 10.0 Å². The molecule has 0 saturated carbocycles. The Labute approximate surface area is 107 Å². The number of alkyl halides is 2. The van der Waals surface area contributed by atoms with Gasteiger partial charge in [0.25, 0.3) is 0 Å². The second kappa shape index (κ2) is 7.00. The van der Waals surface area contributed by atoms with Crippen LogP contribution in [-0.2, 0) is 19.9 Å². The molecule has 0 unspecified atom stereocenters.